The standard InChI is InChI=1S/C15H30O/c1-4-11-15(16,12-5-2)14-9-7-13(6-3)8-10-14/h13-14,16H,4-12H2,1-3H3. The minimum atomic E-state index is -0.345. The van der Waals surface area contributed by atoms with E-state index in [4.69, 9.17) is 0 Å². The van der Waals surface area contributed by atoms with Gasteiger partial charge in [0.15, 0.2) is 0 Å². The molecule has 0 atom stereocenters. The first kappa shape index (κ1) is 14.0. The second kappa shape index (κ2) is 6.64. The molecule has 1 saturated carbocycles. The van der Waals surface area contributed by atoms with Crippen molar-refractivity contribution in [3.63, 3.8) is 0 Å². The molecule has 1 rings (SSSR count). The molecular formula is C15H30O. The highest BCUT2D eigenvalue weighted by atomic mass is 16.3. The van der Waals surface area contributed by atoms with E-state index >= 15 is 0 Å². The van der Waals surface area contributed by atoms with Gasteiger partial charge in [0.2, 0.25) is 0 Å². The van der Waals surface area contributed by atoms with E-state index in [9.17, 15) is 5.11 Å². The SMILES string of the molecule is CCCC(O)(CCC)C1CCC(CC)CC1. The van der Waals surface area contributed by atoms with E-state index in [2.05, 4.69) is 20.8 Å². The summed E-state index contributed by atoms with van der Waals surface area (Å²) in [5.74, 6) is 1.51. The van der Waals surface area contributed by atoms with Gasteiger partial charge in [0.1, 0.15) is 0 Å². The molecule has 0 aromatic rings. The maximum atomic E-state index is 10.8. The van der Waals surface area contributed by atoms with Crippen molar-refractivity contribution in [1.82, 2.24) is 0 Å². The Morgan fingerprint density at radius 1 is 0.938 bits per heavy atom. The summed E-state index contributed by atoms with van der Waals surface area (Å²) in [6, 6.07) is 0. The highest BCUT2D eigenvalue weighted by molar-refractivity contribution is 4.88. The lowest BCUT2D eigenvalue weighted by Crippen LogP contribution is -2.39. The van der Waals surface area contributed by atoms with Crippen LogP contribution in [0, 0.1) is 11.8 Å². The van der Waals surface area contributed by atoms with Crippen molar-refractivity contribution < 1.29 is 5.11 Å². The molecule has 1 aliphatic rings. The molecule has 1 nitrogen and oxygen atoms in total. The van der Waals surface area contributed by atoms with E-state index in [0.717, 1.165) is 31.6 Å². The number of rotatable bonds is 6. The quantitative estimate of drug-likeness (QED) is 0.705. The second-order valence-electron chi connectivity index (χ2n) is 5.73. The molecule has 0 unspecified atom stereocenters. The molecule has 1 fully saturated rings. The van der Waals surface area contributed by atoms with Crippen LogP contribution in [0.5, 0.6) is 0 Å². The van der Waals surface area contributed by atoms with Gasteiger partial charge in [-0.05, 0) is 37.5 Å². The van der Waals surface area contributed by atoms with Crippen LogP contribution in [0.4, 0.5) is 0 Å². The van der Waals surface area contributed by atoms with Crippen LogP contribution in [0.1, 0.15) is 78.6 Å². The molecular weight excluding hydrogens is 196 g/mol. The largest absolute Gasteiger partial charge is 0.390 e. The normalized spacial score (nSPS) is 27.0. The van der Waals surface area contributed by atoms with E-state index in [1.165, 1.54) is 32.1 Å². The number of hydrogen-bond donors (Lipinski definition) is 1. The highest BCUT2D eigenvalue weighted by Gasteiger charge is 2.36. The maximum Gasteiger partial charge on any atom is 0.0675 e. The third-order valence-electron chi connectivity index (χ3n) is 4.55. The summed E-state index contributed by atoms with van der Waals surface area (Å²) in [6.45, 7) is 6.69. The first-order valence-electron chi connectivity index (χ1n) is 7.38. The fourth-order valence-electron chi connectivity index (χ4n) is 3.51. The molecule has 0 amide bonds. The third kappa shape index (κ3) is 3.48. The number of aliphatic hydroxyl groups is 1. The van der Waals surface area contributed by atoms with Crippen molar-refractivity contribution in [1.29, 1.82) is 0 Å². The first-order chi connectivity index (χ1) is 7.66. The fraction of sp³-hybridized carbons (Fsp3) is 1.00. The molecule has 16 heavy (non-hydrogen) atoms. The Morgan fingerprint density at radius 3 is 1.81 bits per heavy atom. The molecule has 0 saturated heterocycles. The third-order valence-corrected chi connectivity index (χ3v) is 4.55. The Bertz CT molecular complexity index is 174. The van der Waals surface area contributed by atoms with Crippen LogP contribution in [-0.2, 0) is 0 Å². The maximum absolute atomic E-state index is 10.8. The van der Waals surface area contributed by atoms with Crippen LogP contribution < -0.4 is 0 Å². The summed E-state index contributed by atoms with van der Waals surface area (Å²) in [7, 11) is 0. The van der Waals surface area contributed by atoms with Crippen LogP contribution in [0.25, 0.3) is 0 Å². The minimum Gasteiger partial charge on any atom is -0.390 e. The van der Waals surface area contributed by atoms with Gasteiger partial charge in [-0.1, -0.05) is 52.9 Å². The molecule has 1 N–H and O–H groups in total. The molecule has 1 heteroatoms. The minimum absolute atomic E-state index is 0.345. The predicted octanol–water partition coefficient (Wildman–Crippen LogP) is 4.53. The van der Waals surface area contributed by atoms with Gasteiger partial charge in [-0.15, -0.1) is 0 Å². The van der Waals surface area contributed by atoms with E-state index in [1.807, 2.05) is 0 Å². The van der Waals surface area contributed by atoms with Gasteiger partial charge < -0.3 is 5.11 Å². The molecule has 0 spiro atoms. The Kier molecular flexibility index (Phi) is 5.82. The average molecular weight is 226 g/mol. The Morgan fingerprint density at radius 2 is 1.44 bits per heavy atom. The zero-order valence-electron chi connectivity index (χ0n) is 11.5. The van der Waals surface area contributed by atoms with Gasteiger partial charge >= 0.3 is 0 Å². The summed E-state index contributed by atoms with van der Waals surface area (Å²) < 4.78 is 0. The predicted molar refractivity (Wildman–Crippen MR) is 70.5 cm³/mol. The molecule has 0 radical (unpaired) electrons. The monoisotopic (exact) mass is 226 g/mol. The molecule has 0 aromatic heterocycles. The van der Waals surface area contributed by atoms with Gasteiger partial charge in [-0.3, -0.25) is 0 Å². The van der Waals surface area contributed by atoms with Crippen LogP contribution >= 0.6 is 0 Å². The van der Waals surface area contributed by atoms with Crippen molar-refractivity contribution in [2.24, 2.45) is 11.8 Å². The average Bonchev–Trinajstić information content (AvgIpc) is 2.30. The van der Waals surface area contributed by atoms with E-state index in [-0.39, 0.29) is 5.60 Å². The van der Waals surface area contributed by atoms with Crippen LogP contribution in [0.3, 0.4) is 0 Å². The zero-order valence-corrected chi connectivity index (χ0v) is 11.5. The molecule has 0 aliphatic heterocycles. The Balaban J connectivity index is 2.52. The summed E-state index contributed by atoms with van der Waals surface area (Å²) in [6.07, 6.45) is 10.8. The molecule has 0 bridgehead atoms. The van der Waals surface area contributed by atoms with Crippen LogP contribution in [0.15, 0.2) is 0 Å². The van der Waals surface area contributed by atoms with Crippen molar-refractivity contribution in [3.05, 3.63) is 0 Å². The van der Waals surface area contributed by atoms with Crippen molar-refractivity contribution in [2.45, 2.75) is 84.2 Å². The van der Waals surface area contributed by atoms with E-state index in [1.54, 1.807) is 0 Å². The lowest BCUT2D eigenvalue weighted by molar-refractivity contribution is -0.0528. The summed E-state index contributed by atoms with van der Waals surface area (Å²) >= 11 is 0. The summed E-state index contributed by atoms with van der Waals surface area (Å²) in [4.78, 5) is 0. The van der Waals surface area contributed by atoms with E-state index < -0.39 is 0 Å². The Labute approximate surface area is 102 Å². The van der Waals surface area contributed by atoms with E-state index in [0.29, 0.717) is 5.92 Å². The van der Waals surface area contributed by atoms with Gasteiger partial charge in [0, 0.05) is 0 Å². The summed E-state index contributed by atoms with van der Waals surface area (Å²) in [5.41, 5.74) is -0.345. The molecule has 0 heterocycles. The van der Waals surface area contributed by atoms with Crippen molar-refractivity contribution >= 4 is 0 Å². The van der Waals surface area contributed by atoms with Crippen LogP contribution in [-0.4, -0.2) is 10.7 Å². The molecule has 1 aliphatic carbocycles. The van der Waals surface area contributed by atoms with Gasteiger partial charge in [0.05, 0.1) is 5.60 Å². The smallest absolute Gasteiger partial charge is 0.0675 e. The van der Waals surface area contributed by atoms with Crippen molar-refractivity contribution in [2.75, 3.05) is 0 Å². The van der Waals surface area contributed by atoms with Gasteiger partial charge in [-0.25, -0.2) is 0 Å². The highest BCUT2D eigenvalue weighted by Crippen LogP contribution is 2.40. The first-order valence-corrected chi connectivity index (χ1v) is 7.38. The zero-order chi connectivity index (χ0) is 12.0. The fourth-order valence-corrected chi connectivity index (χ4v) is 3.51. The van der Waals surface area contributed by atoms with Gasteiger partial charge in [0.25, 0.3) is 0 Å². The second-order valence-corrected chi connectivity index (χ2v) is 5.73. The Hall–Kier alpha value is -0.0400. The van der Waals surface area contributed by atoms with Crippen LogP contribution in [0.2, 0.25) is 0 Å². The van der Waals surface area contributed by atoms with Crippen molar-refractivity contribution in [3.8, 4) is 0 Å². The summed E-state index contributed by atoms with van der Waals surface area (Å²) in [5, 5.41) is 10.8. The number of hydrogen-bond acceptors (Lipinski definition) is 1. The lowest BCUT2D eigenvalue weighted by atomic mass is 9.70. The topological polar surface area (TPSA) is 20.2 Å². The lowest BCUT2D eigenvalue weighted by Gasteiger charge is -2.40. The molecule has 96 valence electrons. The molecule has 0 aromatic carbocycles. The van der Waals surface area contributed by atoms with Gasteiger partial charge in [-0.2, -0.15) is 0 Å².